The Morgan fingerprint density at radius 1 is 1.42 bits per heavy atom. The Kier molecular flexibility index (Phi) is 4.21. The maximum atomic E-state index is 12.7. The van der Waals surface area contributed by atoms with Crippen molar-refractivity contribution in [3.63, 3.8) is 0 Å². The zero-order valence-electron chi connectivity index (χ0n) is 10.7. The number of rotatable bonds is 3. The molecule has 1 fully saturated rings. The van der Waals surface area contributed by atoms with Crippen LogP contribution in [0.3, 0.4) is 0 Å². The van der Waals surface area contributed by atoms with E-state index in [1.807, 2.05) is 0 Å². The minimum absolute atomic E-state index is 0.0120. The SMILES string of the molecule is CCN(C(=O)C(C)(N)C(F)(F)F)C1CCS(=O)(=O)C1. The highest BCUT2D eigenvalue weighted by Gasteiger charge is 2.56. The van der Waals surface area contributed by atoms with Crippen molar-refractivity contribution in [1.82, 2.24) is 4.90 Å². The summed E-state index contributed by atoms with van der Waals surface area (Å²) in [6, 6.07) is -0.729. The number of sulfone groups is 1. The van der Waals surface area contributed by atoms with Crippen molar-refractivity contribution in [2.45, 2.75) is 38.0 Å². The van der Waals surface area contributed by atoms with Crippen LogP contribution in [-0.4, -0.2) is 55.0 Å². The monoisotopic (exact) mass is 302 g/mol. The molecule has 1 aliphatic heterocycles. The van der Waals surface area contributed by atoms with Crippen LogP contribution in [0.4, 0.5) is 13.2 Å². The smallest absolute Gasteiger partial charge is 0.337 e. The fraction of sp³-hybridized carbons (Fsp3) is 0.900. The molecule has 0 saturated carbocycles. The molecule has 0 aromatic heterocycles. The highest BCUT2D eigenvalue weighted by atomic mass is 32.2. The molecule has 19 heavy (non-hydrogen) atoms. The van der Waals surface area contributed by atoms with Gasteiger partial charge in [-0.05, 0) is 20.3 Å². The van der Waals surface area contributed by atoms with Gasteiger partial charge in [0, 0.05) is 12.6 Å². The number of hydrogen-bond acceptors (Lipinski definition) is 4. The van der Waals surface area contributed by atoms with Crippen molar-refractivity contribution in [3.8, 4) is 0 Å². The first-order valence-corrected chi connectivity index (χ1v) is 7.61. The zero-order valence-corrected chi connectivity index (χ0v) is 11.5. The molecule has 0 spiro atoms. The molecule has 9 heteroatoms. The number of carbonyl (C=O) groups excluding carboxylic acids is 1. The summed E-state index contributed by atoms with van der Waals surface area (Å²) in [5, 5.41) is 0. The molecule has 2 N–H and O–H groups in total. The second kappa shape index (κ2) is 4.93. The molecule has 0 aromatic rings. The van der Waals surface area contributed by atoms with Crippen molar-refractivity contribution in [1.29, 1.82) is 0 Å². The van der Waals surface area contributed by atoms with Gasteiger partial charge in [-0.1, -0.05) is 0 Å². The summed E-state index contributed by atoms with van der Waals surface area (Å²) >= 11 is 0. The first-order valence-electron chi connectivity index (χ1n) is 5.79. The second-order valence-electron chi connectivity index (χ2n) is 4.85. The molecule has 1 saturated heterocycles. The third kappa shape index (κ3) is 3.19. The van der Waals surface area contributed by atoms with E-state index in [-0.39, 0.29) is 24.5 Å². The minimum atomic E-state index is -4.88. The van der Waals surface area contributed by atoms with Crippen LogP contribution in [0, 0.1) is 0 Å². The predicted molar refractivity (Wildman–Crippen MR) is 63.1 cm³/mol. The van der Waals surface area contributed by atoms with Crippen LogP contribution in [-0.2, 0) is 14.6 Å². The molecule has 5 nitrogen and oxygen atoms in total. The number of halogens is 3. The van der Waals surface area contributed by atoms with E-state index in [2.05, 4.69) is 0 Å². The van der Waals surface area contributed by atoms with Gasteiger partial charge in [-0.25, -0.2) is 8.42 Å². The molecule has 1 aliphatic rings. The Labute approximate surface area is 109 Å². The highest BCUT2D eigenvalue weighted by Crippen LogP contribution is 2.31. The topological polar surface area (TPSA) is 80.5 Å². The average Bonchev–Trinajstić information content (AvgIpc) is 2.58. The third-order valence-electron chi connectivity index (χ3n) is 3.28. The van der Waals surface area contributed by atoms with Crippen LogP contribution in [0.15, 0.2) is 0 Å². The molecule has 112 valence electrons. The molecular weight excluding hydrogens is 285 g/mol. The fourth-order valence-electron chi connectivity index (χ4n) is 2.01. The summed E-state index contributed by atoms with van der Waals surface area (Å²) in [6.07, 6.45) is -4.73. The summed E-state index contributed by atoms with van der Waals surface area (Å²) in [5.41, 5.74) is 2.08. The van der Waals surface area contributed by atoms with Crippen LogP contribution in [0.5, 0.6) is 0 Å². The predicted octanol–water partition coefficient (Wildman–Crippen LogP) is 0.302. The molecule has 1 rings (SSSR count). The number of amides is 1. The Hall–Kier alpha value is -0.830. The lowest BCUT2D eigenvalue weighted by Gasteiger charge is -2.35. The highest BCUT2D eigenvalue weighted by molar-refractivity contribution is 7.91. The number of likely N-dealkylation sites (N-methyl/N-ethyl adjacent to an activating group) is 1. The van der Waals surface area contributed by atoms with Crippen LogP contribution in [0.2, 0.25) is 0 Å². The van der Waals surface area contributed by atoms with Crippen molar-refractivity contribution in [2.75, 3.05) is 18.1 Å². The van der Waals surface area contributed by atoms with E-state index in [0.717, 1.165) is 4.90 Å². The second-order valence-corrected chi connectivity index (χ2v) is 7.08. The van der Waals surface area contributed by atoms with Gasteiger partial charge in [0.1, 0.15) is 0 Å². The van der Waals surface area contributed by atoms with Gasteiger partial charge in [0.25, 0.3) is 5.91 Å². The molecular formula is C10H17F3N2O3S. The number of alkyl halides is 3. The molecule has 1 heterocycles. The van der Waals surface area contributed by atoms with Crippen molar-refractivity contribution >= 4 is 15.7 Å². The summed E-state index contributed by atoms with van der Waals surface area (Å²) in [6.45, 7) is 2.08. The van der Waals surface area contributed by atoms with Crippen molar-refractivity contribution < 1.29 is 26.4 Å². The van der Waals surface area contributed by atoms with Crippen molar-refractivity contribution in [2.24, 2.45) is 5.73 Å². The number of nitrogens with two attached hydrogens (primary N) is 1. The zero-order chi connectivity index (χ0) is 15.1. The Balaban J connectivity index is 2.96. The van der Waals surface area contributed by atoms with Gasteiger partial charge in [-0.2, -0.15) is 13.2 Å². The molecule has 1 amide bonds. The third-order valence-corrected chi connectivity index (χ3v) is 5.03. The van der Waals surface area contributed by atoms with Gasteiger partial charge in [0.2, 0.25) is 0 Å². The summed E-state index contributed by atoms with van der Waals surface area (Å²) in [4.78, 5) is 12.8. The first kappa shape index (κ1) is 16.2. The van der Waals surface area contributed by atoms with Gasteiger partial charge in [0.15, 0.2) is 15.4 Å². The molecule has 2 atom stereocenters. The molecule has 0 aromatic carbocycles. The van der Waals surface area contributed by atoms with Crippen LogP contribution < -0.4 is 5.73 Å². The van der Waals surface area contributed by atoms with Gasteiger partial charge in [-0.15, -0.1) is 0 Å². The summed E-state index contributed by atoms with van der Waals surface area (Å²) in [5.74, 6) is -1.71. The lowest BCUT2D eigenvalue weighted by atomic mass is 10.00. The summed E-state index contributed by atoms with van der Waals surface area (Å²) < 4.78 is 60.9. The van der Waals surface area contributed by atoms with Gasteiger partial charge >= 0.3 is 6.18 Å². The minimum Gasteiger partial charge on any atom is -0.337 e. The van der Waals surface area contributed by atoms with E-state index >= 15 is 0 Å². The molecule has 2 unspecified atom stereocenters. The van der Waals surface area contributed by atoms with E-state index < -0.39 is 33.5 Å². The molecule has 0 aliphatic carbocycles. The maximum absolute atomic E-state index is 12.7. The van der Waals surface area contributed by atoms with E-state index in [0.29, 0.717) is 6.92 Å². The van der Waals surface area contributed by atoms with Gasteiger partial charge < -0.3 is 10.6 Å². The van der Waals surface area contributed by atoms with Crippen LogP contribution in [0.1, 0.15) is 20.3 Å². The van der Waals surface area contributed by atoms with E-state index in [9.17, 15) is 26.4 Å². The van der Waals surface area contributed by atoms with Gasteiger partial charge in [0.05, 0.1) is 11.5 Å². The molecule has 0 radical (unpaired) electrons. The molecule has 0 bridgehead atoms. The largest absolute Gasteiger partial charge is 0.415 e. The Morgan fingerprint density at radius 2 is 1.95 bits per heavy atom. The normalized spacial score (nSPS) is 25.9. The standard InChI is InChI=1S/C10H17F3N2O3S/c1-3-15(7-4-5-19(17,18)6-7)8(16)9(2,14)10(11,12)13/h7H,3-6,14H2,1-2H3. The average molecular weight is 302 g/mol. The van der Waals surface area contributed by atoms with Crippen LogP contribution >= 0.6 is 0 Å². The van der Waals surface area contributed by atoms with E-state index in [4.69, 9.17) is 5.73 Å². The quantitative estimate of drug-likeness (QED) is 0.813. The Bertz CT molecular complexity index is 459. The Morgan fingerprint density at radius 3 is 2.26 bits per heavy atom. The van der Waals surface area contributed by atoms with E-state index in [1.165, 1.54) is 6.92 Å². The van der Waals surface area contributed by atoms with Crippen LogP contribution in [0.25, 0.3) is 0 Å². The fourth-order valence-corrected chi connectivity index (χ4v) is 3.74. The number of nitrogens with zero attached hydrogens (tertiary/aromatic N) is 1. The van der Waals surface area contributed by atoms with Crippen molar-refractivity contribution in [3.05, 3.63) is 0 Å². The number of hydrogen-bond donors (Lipinski definition) is 1. The summed E-state index contributed by atoms with van der Waals surface area (Å²) in [7, 11) is -3.28. The van der Waals surface area contributed by atoms with Gasteiger partial charge in [-0.3, -0.25) is 4.79 Å². The number of carbonyl (C=O) groups is 1. The lowest BCUT2D eigenvalue weighted by Crippen LogP contribution is -2.63. The maximum Gasteiger partial charge on any atom is 0.415 e. The lowest BCUT2D eigenvalue weighted by molar-refractivity contribution is -0.194. The van der Waals surface area contributed by atoms with E-state index in [1.54, 1.807) is 0 Å². The first-order chi connectivity index (χ1) is 8.42.